The van der Waals surface area contributed by atoms with E-state index < -0.39 is 0 Å². The summed E-state index contributed by atoms with van der Waals surface area (Å²) in [4.78, 5) is 9.51. The molecule has 0 N–H and O–H groups in total. The topological polar surface area (TPSA) is 35.0 Å². The molecule has 1 aliphatic carbocycles. The quantitative estimate of drug-likeness (QED) is 0.233. The average Bonchev–Trinajstić information content (AvgIpc) is 2.88. The summed E-state index contributed by atoms with van der Waals surface area (Å²) in [5.74, 6) is 3.24. The Morgan fingerprint density at radius 1 is 0.676 bits per heavy atom. The summed E-state index contributed by atoms with van der Waals surface area (Å²) in [7, 11) is 0. The molecule has 1 heterocycles. The second-order valence-corrected chi connectivity index (χ2v) is 10.5. The predicted molar refractivity (Wildman–Crippen MR) is 144 cm³/mol. The molecule has 0 amide bonds. The molecule has 1 saturated carbocycles. The smallest absolute Gasteiger partial charge is 0.131 e. The van der Waals surface area contributed by atoms with E-state index in [4.69, 9.17) is 14.7 Å². The SMILES string of the molecule is CCCCCCCCCc1cnc([C@H]2CC[C@H](COc3ccc(CCCCC)cc3)CC2)nc1. The molecular formula is C31H48N2O. The minimum absolute atomic E-state index is 0.520. The van der Waals surface area contributed by atoms with E-state index in [1.165, 1.54) is 107 Å². The van der Waals surface area contributed by atoms with Crippen LogP contribution in [-0.4, -0.2) is 16.6 Å². The van der Waals surface area contributed by atoms with E-state index in [1.807, 2.05) is 0 Å². The van der Waals surface area contributed by atoms with E-state index in [-0.39, 0.29) is 0 Å². The molecule has 188 valence electrons. The van der Waals surface area contributed by atoms with Gasteiger partial charge in [-0.1, -0.05) is 77.3 Å². The van der Waals surface area contributed by atoms with E-state index in [0.29, 0.717) is 11.8 Å². The van der Waals surface area contributed by atoms with Gasteiger partial charge in [-0.2, -0.15) is 0 Å². The van der Waals surface area contributed by atoms with Crippen molar-refractivity contribution in [1.82, 2.24) is 9.97 Å². The lowest BCUT2D eigenvalue weighted by Gasteiger charge is -2.27. The van der Waals surface area contributed by atoms with Crippen LogP contribution in [-0.2, 0) is 12.8 Å². The standard InChI is InChI=1S/C31H48N2O/c1-3-5-7-8-9-10-12-14-28-23-32-31(33-24-28)29-19-15-27(16-20-29)25-34-30-21-17-26(18-22-30)13-11-6-4-2/h17-18,21-24,27,29H,3-16,19-20,25H2,1-2H3/t27-,29-. The van der Waals surface area contributed by atoms with E-state index >= 15 is 0 Å². The van der Waals surface area contributed by atoms with Gasteiger partial charge in [0.25, 0.3) is 0 Å². The minimum Gasteiger partial charge on any atom is -0.493 e. The molecule has 2 aromatic rings. The Morgan fingerprint density at radius 3 is 1.91 bits per heavy atom. The summed E-state index contributed by atoms with van der Waals surface area (Å²) in [5, 5.41) is 0. The van der Waals surface area contributed by atoms with Gasteiger partial charge in [0.05, 0.1) is 6.61 Å². The highest BCUT2D eigenvalue weighted by molar-refractivity contribution is 5.27. The highest BCUT2D eigenvalue weighted by Gasteiger charge is 2.24. The van der Waals surface area contributed by atoms with Gasteiger partial charge in [0.15, 0.2) is 0 Å². The lowest BCUT2D eigenvalue weighted by Crippen LogP contribution is -2.20. The van der Waals surface area contributed by atoms with Gasteiger partial charge in [-0.3, -0.25) is 0 Å². The van der Waals surface area contributed by atoms with Crippen molar-refractivity contribution < 1.29 is 4.74 Å². The molecule has 0 bridgehead atoms. The number of benzene rings is 1. The second-order valence-electron chi connectivity index (χ2n) is 10.5. The Balaban J connectivity index is 1.30. The molecule has 1 aliphatic rings. The maximum absolute atomic E-state index is 6.13. The molecule has 1 fully saturated rings. The summed E-state index contributed by atoms with van der Waals surface area (Å²) in [6, 6.07) is 8.76. The van der Waals surface area contributed by atoms with Crippen molar-refractivity contribution in [3.8, 4) is 5.75 Å². The Morgan fingerprint density at radius 2 is 1.24 bits per heavy atom. The summed E-state index contributed by atoms with van der Waals surface area (Å²) in [5.41, 5.74) is 2.73. The number of rotatable bonds is 16. The van der Waals surface area contributed by atoms with Crippen LogP contribution in [0.4, 0.5) is 0 Å². The van der Waals surface area contributed by atoms with Crippen molar-refractivity contribution in [2.45, 2.75) is 122 Å². The van der Waals surface area contributed by atoms with Crippen molar-refractivity contribution in [3.63, 3.8) is 0 Å². The highest BCUT2D eigenvalue weighted by Crippen LogP contribution is 2.34. The Hall–Kier alpha value is -1.90. The number of aromatic nitrogens is 2. The van der Waals surface area contributed by atoms with Crippen molar-refractivity contribution in [1.29, 1.82) is 0 Å². The normalized spacial score (nSPS) is 18.2. The van der Waals surface area contributed by atoms with Crippen LogP contribution in [0.5, 0.6) is 5.75 Å². The lowest BCUT2D eigenvalue weighted by atomic mass is 9.82. The summed E-state index contributed by atoms with van der Waals surface area (Å²) in [6.07, 6.45) is 24.6. The van der Waals surface area contributed by atoms with Gasteiger partial charge in [0.2, 0.25) is 0 Å². The predicted octanol–water partition coefficient (Wildman–Crippen LogP) is 8.86. The van der Waals surface area contributed by atoms with Crippen LogP contribution >= 0.6 is 0 Å². The van der Waals surface area contributed by atoms with Gasteiger partial charge in [-0.05, 0) is 80.5 Å². The van der Waals surface area contributed by atoms with Gasteiger partial charge < -0.3 is 4.74 Å². The van der Waals surface area contributed by atoms with E-state index in [9.17, 15) is 0 Å². The largest absolute Gasteiger partial charge is 0.493 e. The summed E-state index contributed by atoms with van der Waals surface area (Å²) < 4.78 is 6.13. The number of unbranched alkanes of at least 4 members (excludes halogenated alkanes) is 8. The van der Waals surface area contributed by atoms with Crippen LogP contribution < -0.4 is 4.74 Å². The molecule has 1 aromatic heterocycles. The third-order valence-electron chi connectivity index (χ3n) is 7.48. The van der Waals surface area contributed by atoms with Gasteiger partial charge >= 0.3 is 0 Å². The fourth-order valence-electron chi connectivity index (χ4n) is 5.12. The fourth-order valence-corrected chi connectivity index (χ4v) is 5.12. The van der Waals surface area contributed by atoms with Crippen LogP contribution in [0.2, 0.25) is 0 Å². The maximum Gasteiger partial charge on any atom is 0.131 e. The molecule has 0 atom stereocenters. The van der Waals surface area contributed by atoms with Crippen LogP contribution in [0.3, 0.4) is 0 Å². The number of nitrogens with zero attached hydrogens (tertiary/aromatic N) is 2. The van der Waals surface area contributed by atoms with Crippen LogP contribution in [0, 0.1) is 5.92 Å². The van der Waals surface area contributed by atoms with Crippen LogP contribution in [0.15, 0.2) is 36.7 Å². The van der Waals surface area contributed by atoms with Crippen molar-refractivity contribution >= 4 is 0 Å². The van der Waals surface area contributed by atoms with E-state index in [1.54, 1.807) is 0 Å². The molecule has 0 unspecified atom stereocenters. The van der Waals surface area contributed by atoms with Gasteiger partial charge in [0.1, 0.15) is 11.6 Å². The highest BCUT2D eigenvalue weighted by atomic mass is 16.5. The molecule has 3 heteroatoms. The third-order valence-corrected chi connectivity index (χ3v) is 7.48. The molecule has 3 nitrogen and oxygen atoms in total. The van der Waals surface area contributed by atoms with Crippen molar-refractivity contribution in [2.75, 3.05) is 6.61 Å². The van der Waals surface area contributed by atoms with Crippen molar-refractivity contribution in [2.24, 2.45) is 5.92 Å². The number of ether oxygens (including phenoxy) is 1. The zero-order valence-corrected chi connectivity index (χ0v) is 21.9. The molecule has 0 saturated heterocycles. The molecule has 0 radical (unpaired) electrons. The molecule has 1 aromatic carbocycles. The zero-order valence-electron chi connectivity index (χ0n) is 21.9. The summed E-state index contributed by atoms with van der Waals surface area (Å²) in [6.45, 7) is 5.37. The lowest BCUT2D eigenvalue weighted by molar-refractivity contribution is 0.198. The molecular weight excluding hydrogens is 416 g/mol. The number of hydrogen-bond donors (Lipinski definition) is 0. The molecule has 3 rings (SSSR count). The second kappa shape index (κ2) is 15.9. The fraction of sp³-hybridized carbons (Fsp3) is 0.677. The van der Waals surface area contributed by atoms with Crippen LogP contribution in [0.1, 0.15) is 127 Å². The Kier molecular flexibility index (Phi) is 12.5. The van der Waals surface area contributed by atoms with Gasteiger partial charge in [-0.15, -0.1) is 0 Å². The maximum atomic E-state index is 6.13. The van der Waals surface area contributed by atoms with Crippen molar-refractivity contribution in [3.05, 3.63) is 53.6 Å². The monoisotopic (exact) mass is 464 g/mol. The average molecular weight is 465 g/mol. The van der Waals surface area contributed by atoms with E-state index in [0.717, 1.165) is 24.6 Å². The Bertz CT molecular complexity index is 763. The first kappa shape index (κ1) is 26.7. The first-order valence-electron chi connectivity index (χ1n) is 14.3. The van der Waals surface area contributed by atoms with Gasteiger partial charge in [0, 0.05) is 18.3 Å². The molecule has 0 aliphatic heterocycles. The molecule has 0 spiro atoms. The van der Waals surface area contributed by atoms with E-state index in [2.05, 4.69) is 50.5 Å². The third kappa shape index (κ3) is 9.76. The number of hydrogen-bond acceptors (Lipinski definition) is 3. The first-order valence-corrected chi connectivity index (χ1v) is 14.3. The molecule has 34 heavy (non-hydrogen) atoms. The Labute approximate surface area is 209 Å². The first-order chi connectivity index (χ1) is 16.8. The minimum atomic E-state index is 0.520. The summed E-state index contributed by atoms with van der Waals surface area (Å²) >= 11 is 0. The van der Waals surface area contributed by atoms with Gasteiger partial charge in [-0.25, -0.2) is 9.97 Å². The van der Waals surface area contributed by atoms with Crippen LogP contribution in [0.25, 0.3) is 0 Å². The number of aryl methyl sites for hydroxylation is 2. The zero-order chi connectivity index (χ0) is 23.8.